The molecule has 2 atom stereocenters. The molecule has 1 aliphatic rings. The quantitative estimate of drug-likeness (QED) is 0.664. The van der Waals surface area contributed by atoms with Gasteiger partial charge >= 0.3 is 0 Å². The predicted octanol–water partition coefficient (Wildman–Crippen LogP) is 2.71. The zero-order chi connectivity index (χ0) is 13.0. The molecule has 0 aliphatic heterocycles. The fraction of sp³-hybridized carbons (Fsp3) is 0.500. The lowest BCUT2D eigenvalue weighted by atomic mass is 10.1. The van der Waals surface area contributed by atoms with Crippen molar-refractivity contribution in [2.24, 2.45) is 0 Å². The van der Waals surface area contributed by atoms with Gasteiger partial charge in [-0.05, 0) is 37.5 Å². The second-order valence-electron chi connectivity index (χ2n) is 4.66. The van der Waals surface area contributed by atoms with E-state index in [2.05, 4.69) is 0 Å². The lowest BCUT2D eigenvalue weighted by Crippen LogP contribution is -2.30. The number of carbonyl (C=O) groups is 1. The van der Waals surface area contributed by atoms with E-state index in [1.165, 1.54) is 12.1 Å². The molecule has 98 valence electrons. The molecule has 0 radical (unpaired) electrons. The van der Waals surface area contributed by atoms with Crippen LogP contribution in [0, 0.1) is 5.82 Å². The average molecular weight is 252 g/mol. The maximum atomic E-state index is 13.0. The molecule has 0 aromatic heterocycles. The van der Waals surface area contributed by atoms with E-state index in [0.717, 1.165) is 31.7 Å². The van der Waals surface area contributed by atoms with Crippen molar-refractivity contribution in [1.29, 1.82) is 0 Å². The lowest BCUT2D eigenvalue weighted by Gasteiger charge is -2.22. The van der Waals surface area contributed by atoms with E-state index in [9.17, 15) is 14.3 Å². The summed E-state index contributed by atoms with van der Waals surface area (Å²) in [7, 11) is 0. The van der Waals surface area contributed by atoms with Gasteiger partial charge in [0.15, 0.2) is 6.29 Å². The standard InChI is InChI=1S/C14H17FO3/c15-11-6-7-13(10(8-11)9-16)18-14-5-3-1-2-4-12(14)17/h6-9,12,14,17H,1-5H2. The Morgan fingerprint density at radius 1 is 1.28 bits per heavy atom. The van der Waals surface area contributed by atoms with E-state index in [1.54, 1.807) is 0 Å². The van der Waals surface area contributed by atoms with Gasteiger partial charge in [0, 0.05) is 0 Å². The molecule has 0 saturated heterocycles. The molecule has 1 aliphatic carbocycles. The van der Waals surface area contributed by atoms with E-state index >= 15 is 0 Å². The highest BCUT2D eigenvalue weighted by atomic mass is 19.1. The third-order valence-electron chi connectivity index (χ3n) is 3.29. The SMILES string of the molecule is O=Cc1cc(F)ccc1OC1CCCCCC1O. The molecule has 0 amide bonds. The van der Waals surface area contributed by atoms with Gasteiger partial charge in [0.2, 0.25) is 0 Å². The van der Waals surface area contributed by atoms with E-state index in [0.29, 0.717) is 18.5 Å². The predicted molar refractivity (Wildman–Crippen MR) is 65.3 cm³/mol. The third-order valence-corrected chi connectivity index (χ3v) is 3.29. The first kappa shape index (κ1) is 13.0. The first-order chi connectivity index (χ1) is 8.70. The molecule has 4 heteroatoms. The zero-order valence-electron chi connectivity index (χ0n) is 10.1. The van der Waals surface area contributed by atoms with Gasteiger partial charge in [-0.25, -0.2) is 4.39 Å². The number of aliphatic hydroxyl groups is 1. The molecule has 2 unspecified atom stereocenters. The molecule has 1 aromatic rings. The normalized spacial score (nSPS) is 24.3. The Labute approximate surface area is 106 Å². The fourth-order valence-electron chi connectivity index (χ4n) is 2.27. The van der Waals surface area contributed by atoms with Gasteiger partial charge in [0.1, 0.15) is 17.7 Å². The van der Waals surface area contributed by atoms with Gasteiger partial charge in [0.05, 0.1) is 11.7 Å². The summed E-state index contributed by atoms with van der Waals surface area (Å²) in [6.07, 6.45) is 4.29. The van der Waals surface area contributed by atoms with Crippen LogP contribution in [-0.4, -0.2) is 23.6 Å². The Bertz CT molecular complexity index is 420. The molecule has 0 heterocycles. The van der Waals surface area contributed by atoms with Crippen LogP contribution >= 0.6 is 0 Å². The molecule has 1 aromatic carbocycles. The molecule has 1 N–H and O–H groups in total. The lowest BCUT2D eigenvalue weighted by molar-refractivity contribution is 0.0315. The van der Waals surface area contributed by atoms with Crippen LogP contribution in [-0.2, 0) is 0 Å². The molecule has 2 rings (SSSR count). The highest BCUT2D eigenvalue weighted by Crippen LogP contribution is 2.25. The van der Waals surface area contributed by atoms with Crippen molar-refractivity contribution >= 4 is 6.29 Å². The van der Waals surface area contributed by atoms with Crippen LogP contribution in [0.5, 0.6) is 5.75 Å². The molecule has 0 bridgehead atoms. The molecule has 1 saturated carbocycles. The number of rotatable bonds is 3. The molecular formula is C14H17FO3. The van der Waals surface area contributed by atoms with E-state index in [-0.39, 0.29) is 11.7 Å². The molecule has 0 spiro atoms. The fourth-order valence-corrected chi connectivity index (χ4v) is 2.27. The Morgan fingerprint density at radius 3 is 2.83 bits per heavy atom. The van der Waals surface area contributed by atoms with E-state index < -0.39 is 11.9 Å². The number of halogens is 1. The van der Waals surface area contributed by atoms with Gasteiger partial charge in [0.25, 0.3) is 0 Å². The topological polar surface area (TPSA) is 46.5 Å². The second kappa shape index (κ2) is 5.96. The summed E-state index contributed by atoms with van der Waals surface area (Å²) in [6, 6.07) is 3.84. The van der Waals surface area contributed by atoms with Crippen molar-refractivity contribution in [1.82, 2.24) is 0 Å². The van der Waals surface area contributed by atoms with Crippen LogP contribution < -0.4 is 4.74 Å². The summed E-state index contributed by atoms with van der Waals surface area (Å²) >= 11 is 0. The van der Waals surface area contributed by atoms with Gasteiger partial charge < -0.3 is 9.84 Å². The summed E-state index contributed by atoms with van der Waals surface area (Å²) < 4.78 is 18.7. The second-order valence-corrected chi connectivity index (χ2v) is 4.66. The minimum absolute atomic E-state index is 0.187. The first-order valence-corrected chi connectivity index (χ1v) is 6.30. The van der Waals surface area contributed by atoms with Gasteiger partial charge in [-0.2, -0.15) is 0 Å². The molecule has 3 nitrogen and oxygen atoms in total. The van der Waals surface area contributed by atoms with Gasteiger partial charge in [-0.1, -0.05) is 12.8 Å². The summed E-state index contributed by atoms with van der Waals surface area (Å²) in [5.74, 6) is -0.122. The van der Waals surface area contributed by atoms with Crippen LogP contribution in [0.1, 0.15) is 42.5 Å². The van der Waals surface area contributed by atoms with E-state index in [1.807, 2.05) is 0 Å². The number of hydrogen-bond donors (Lipinski definition) is 1. The van der Waals surface area contributed by atoms with Crippen LogP contribution in [0.25, 0.3) is 0 Å². The zero-order valence-corrected chi connectivity index (χ0v) is 10.1. The van der Waals surface area contributed by atoms with Crippen molar-refractivity contribution in [3.05, 3.63) is 29.6 Å². The number of aliphatic hydroxyl groups excluding tert-OH is 1. The summed E-state index contributed by atoms with van der Waals surface area (Å²) in [5, 5.41) is 9.94. The number of ether oxygens (including phenoxy) is 1. The smallest absolute Gasteiger partial charge is 0.153 e. The van der Waals surface area contributed by atoms with Crippen LogP contribution in [0.4, 0.5) is 4.39 Å². The van der Waals surface area contributed by atoms with Crippen LogP contribution in [0.15, 0.2) is 18.2 Å². The van der Waals surface area contributed by atoms with Crippen LogP contribution in [0.2, 0.25) is 0 Å². The number of hydrogen-bond acceptors (Lipinski definition) is 3. The minimum Gasteiger partial charge on any atom is -0.487 e. The maximum Gasteiger partial charge on any atom is 0.153 e. The Morgan fingerprint density at radius 2 is 2.06 bits per heavy atom. The average Bonchev–Trinajstić information content (AvgIpc) is 2.57. The van der Waals surface area contributed by atoms with Crippen molar-refractivity contribution in [2.45, 2.75) is 44.3 Å². The van der Waals surface area contributed by atoms with Gasteiger partial charge in [-0.3, -0.25) is 4.79 Å². The van der Waals surface area contributed by atoms with Gasteiger partial charge in [-0.15, -0.1) is 0 Å². The number of benzene rings is 1. The number of carbonyl (C=O) groups excluding carboxylic acids is 1. The summed E-state index contributed by atoms with van der Waals surface area (Å²) in [4.78, 5) is 10.9. The summed E-state index contributed by atoms with van der Waals surface area (Å²) in [6.45, 7) is 0. The van der Waals surface area contributed by atoms with E-state index in [4.69, 9.17) is 4.74 Å². The van der Waals surface area contributed by atoms with Crippen LogP contribution in [0.3, 0.4) is 0 Å². The Hall–Kier alpha value is -1.42. The van der Waals surface area contributed by atoms with Crippen molar-refractivity contribution < 1.29 is 19.0 Å². The first-order valence-electron chi connectivity index (χ1n) is 6.30. The highest BCUT2D eigenvalue weighted by molar-refractivity contribution is 5.79. The molecule has 18 heavy (non-hydrogen) atoms. The monoisotopic (exact) mass is 252 g/mol. The largest absolute Gasteiger partial charge is 0.487 e. The molecule has 1 fully saturated rings. The number of aldehydes is 1. The third kappa shape index (κ3) is 3.07. The summed E-state index contributed by atoms with van der Waals surface area (Å²) in [5.41, 5.74) is 0.187. The van der Waals surface area contributed by atoms with Crippen molar-refractivity contribution in [2.75, 3.05) is 0 Å². The van der Waals surface area contributed by atoms with Crippen molar-refractivity contribution in [3.63, 3.8) is 0 Å². The maximum absolute atomic E-state index is 13.0. The Kier molecular flexibility index (Phi) is 4.31. The highest BCUT2D eigenvalue weighted by Gasteiger charge is 2.24. The van der Waals surface area contributed by atoms with Crippen molar-refractivity contribution in [3.8, 4) is 5.75 Å². The minimum atomic E-state index is -0.517. The Balaban J connectivity index is 2.14. The molecular weight excluding hydrogens is 235 g/mol.